The fraction of sp³-hybridized carbons (Fsp3) is 0.538. The van der Waals surface area contributed by atoms with Gasteiger partial charge in [0.1, 0.15) is 5.75 Å². The highest BCUT2D eigenvalue weighted by Crippen LogP contribution is 2.17. The molecule has 0 saturated heterocycles. The van der Waals surface area contributed by atoms with Crippen molar-refractivity contribution in [1.29, 1.82) is 0 Å². The predicted octanol–water partition coefficient (Wildman–Crippen LogP) is 2.51. The molecule has 0 aliphatic rings. The molecule has 1 unspecified atom stereocenters. The summed E-state index contributed by atoms with van der Waals surface area (Å²) in [5.41, 5.74) is 7.04. The van der Waals surface area contributed by atoms with E-state index < -0.39 is 0 Å². The topological polar surface area (TPSA) is 44.5 Å². The van der Waals surface area contributed by atoms with Crippen molar-refractivity contribution < 1.29 is 9.47 Å². The first-order valence-electron chi connectivity index (χ1n) is 5.73. The second-order valence-corrected chi connectivity index (χ2v) is 4.00. The fourth-order valence-electron chi connectivity index (χ4n) is 1.41. The van der Waals surface area contributed by atoms with Crippen molar-refractivity contribution in [2.75, 3.05) is 13.2 Å². The lowest BCUT2D eigenvalue weighted by molar-refractivity contribution is 0.133. The molecule has 3 heteroatoms. The van der Waals surface area contributed by atoms with Gasteiger partial charge in [-0.2, -0.15) is 0 Å². The van der Waals surface area contributed by atoms with Gasteiger partial charge in [-0.05, 0) is 38.5 Å². The third-order valence-electron chi connectivity index (χ3n) is 2.18. The minimum atomic E-state index is -0.0620. The molecule has 0 fully saturated rings. The van der Waals surface area contributed by atoms with Crippen LogP contribution in [0, 0.1) is 0 Å². The monoisotopic (exact) mass is 223 g/mol. The number of hydrogen-bond acceptors (Lipinski definition) is 3. The molecule has 1 atom stereocenters. The van der Waals surface area contributed by atoms with Crippen LogP contribution >= 0.6 is 0 Å². The lowest BCUT2D eigenvalue weighted by atomic mass is 10.1. The SMILES string of the molecule is CCOCC(N)c1ccc(OC(C)C)cc1. The molecule has 0 amide bonds. The first-order chi connectivity index (χ1) is 7.63. The third-order valence-corrected chi connectivity index (χ3v) is 2.18. The summed E-state index contributed by atoms with van der Waals surface area (Å²) in [6, 6.07) is 7.80. The summed E-state index contributed by atoms with van der Waals surface area (Å²) in [5, 5.41) is 0. The van der Waals surface area contributed by atoms with Gasteiger partial charge in [-0.1, -0.05) is 12.1 Å². The molecule has 16 heavy (non-hydrogen) atoms. The van der Waals surface area contributed by atoms with Gasteiger partial charge in [0.05, 0.1) is 18.8 Å². The van der Waals surface area contributed by atoms with Gasteiger partial charge >= 0.3 is 0 Å². The first-order valence-corrected chi connectivity index (χ1v) is 5.73. The first kappa shape index (κ1) is 13.0. The molecule has 0 spiro atoms. The van der Waals surface area contributed by atoms with E-state index in [9.17, 15) is 0 Å². The summed E-state index contributed by atoms with van der Waals surface area (Å²) in [6.07, 6.45) is 0.197. The van der Waals surface area contributed by atoms with Gasteiger partial charge in [-0.15, -0.1) is 0 Å². The van der Waals surface area contributed by atoms with E-state index in [-0.39, 0.29) is 12.1 Å². The van der Waals surface area contributed by atoms with E-state index in [1.807, 2.05) is 45.0 Å². The molecule has 0 bridgehead atoms. The van der Waals surface area contributed by atoms with E-state index >= 15 is 0 Å². The third kappa shape index (κ3) is 4.21. The molecule has 0 radical (unpaired) electrons. The second-order valence-electron chi connectivity index (χ2n) is 4.00. The average Bonchev–Trinajstić information content (AvgIpc) is 2.26. The van der Waals surface area contributed by atoms with E-state index in [1.165, 1.54) is 0 Å². The summed E-state index contributed by atoms with van der Waals surface area (Å²) < 4.78 is 10.8. The molecule has 0 aromatic heterocycles. The largest absolute Gasteiger partial charge is 0.491 e. The highest BCUT2D eigenvalue weighted by molar-refractivity contribution is 5.29. The van der Waals surface area contributed by atoms with E-state index in [0.29, 0.717) is 13.2 Å². The van der Waals surface area contributed by atoms with Gasteiger partial charge in [0.25, 0.3) is 0 Å². The molecule has 1 rings (SSSR count). The molecule has 0 heterocycles. The molecular weight excluding hydrogens is 202 g/mol. The van der Waals surface area contributed by atoms with Crippen LogP contribution in [0.1, 0.15) is 32.4 Å². The predicted molar refractivity (Wildman–Crippen MR) is 65.6 cm³/mol. The summed E-state index contributed by atoms with van der Waals surface area (Å²) >= 11 is 0. The molecule has 2 N–H and O–H groups in total. The normalized spacial score (nSPS) is 12.8. The Kier molecular flexibility index (Phi) is 5.29. The quantitative estimate of drug-likeness (QED) is 0.806. The van der Waals surface area contributed by atoms with Crippen LogP contribution in [-0.2, 0) is 4.74 Å². The number of nitrogens with two attached hydrogens (primary N) is 1. The highest BCUT2D eigenvalue weighted by atomic mass is 16.5. The van der Waals surface area contributed by atoms with E-state index in [0.717, 1.165) is 11.3 Å². The van der Waals surface area contributed by atoms with Crippen molar-refractivity contribution in [3.63, 3.8) is 0 Å². The number of hydrogen-bond donors (Lipinski definition) is 1. The Morgan fingerprint density at radius 2 is 1.81 bits per heavy atom. The van der Waals surface area contributed by atoms with Gasteiger partial charge in [-0.25, -0.2) is 0 Å². The van der Waals surface area contributed by atoms with Crippen LogP contribution in [0.2, 0.25) is 0 Å². The number of rotatable bonds is 6. The maximum atomic E-state index is 5.97. The molecule has 3 nitrogen and oxygen atoms in total. The molecule has 0 aliphatic carbocycles. The highest BCUT2D eigenvalue weighted by Gasteiger charge is 2.06. The summed E-state index contributed by atoms with van der Waals surface area (Å²) in [7, 11) is 0. The Hall–Kier alpha value is -1.06. The molecule has 1 aromatic rings. The Labute approximate surface area is 97.6 Å². The molecule has 1 aromatic carbocycles. The summed E-state index contributed by atoms with van der Waals surface area (Å²) in [4.78, 5) is 0. The van der Waals surface area contributed by atoms with Crippen LogP contribution in [0.3, 0.4) is 0 Å². The van der Waals surface area contributed by atoms with Crippen molar-refractivity contribution in [2.24, 2.45) is 5.73 Å². The van der Waals surface area contributed by atoms with Crippen molar-refractivity contribution in [2.45, 2.75) is 32.9 Å². The van der Waals surface area contributed by atoms with Crippen LogP contribution in [0.5, 0.6) is 5.75 Å². The lowest BCUT2D eigenvalue weighted by Gasteiger charge is -2.14. The van der Waals surface area contributed by atoms with Crippen molar-refractivity contribution in [1.82, 2.24) is 0 Å². The van der Waals surface area contributed by atoms with Gasteiger partial charge in [0, 0.05) is 6.61 Å². The molecule has 0 aliphatic heterocycles. The van der Waals surface area contributed by atoms with Gasteiger partial charge < -0.3 is 15.2 Å². The van der Waals surface area contributed by atoms with Crippen LogP contribution < -0.4 is 10.5 Å². The minimum Gasteiger partial charge on any atom is -0.491 e. The number of benzene rings is 1. The zero-order valence-electron chi connectivity index (χ0n) is 10.3. The molecule has 90 valence electrons. The Balaban J connectivity index is 2.56. The van der Waals surface area contributed by atoms with E-state index in [2.05, 4.69) is 0 Å². The average molecular weight is 223 g/mol. The van der Waals surface area contributed by atoms with Crippen molar-refractivity contribution >= 4 is 0 Å². The Morgan fingerprint density at radius 1 is 1.19 bits per heavy atom. The standard InChI is InChI=1S/C13H21NO2/c1-4-15-9-13(14)11-5-7-12(8-6-11)16-10(2)3/h5-8,10,13H,4,9,14H2,1-3H3. The smallest absolute Gasteiger partial charge is 0.119 e. The fourth-order valence-corrected chi connectivity index (χ4v) is 1.41. The minimum absolute atomic E-state index is 0.0620. The van der Waals surface area contributed by atoms with Gasteiger partial charge in [-0.3, -0.25) is 0 Å². The zero-order chi connectivity index (χ0) is 12.0. The van der Waals surface area contributed by atoms with Crippen LogP contribution in [0.15, 0.2) is 24.3 Å². The van der Waals surface area contributed by atoms with Crippen LogP contribution in [-0.4, -0.2) is 19.3 Å². The van der Waals surface area contributed by atoms with Gasteiger partial charge in [0.15, 0.2) is 0 Å². The van der Waals surface area contributed by atoms with Crippen molar-refractivity contribution in [3.05, 3.63) is 29.8 Å². The maximum Gasteiger partial charge on any atom is 0.119 e. The van der Waals surface area contributed by atoms with E-state index in [4.69, 9.17) is 15.2 Å². The van der Waals surface area contributed by atoms with Crippen molar-refractivity contribution in [3.8, 4) is 5.75 Å². The zero-order valence-corrected chi connectivity index (χ0v) is 10.3. The Morgan fingerprint density at radius 3 is 2.31 bits per heavy atom. The van der Waals surface area contributed by atoms with Gasteiger partial charge in [0.2, 0.25) is 0 Å². The maximum absolute atomic E-state index is 5.97. The summed E-state index contributed by atoms with van der Waals surface area (Å²) in [5.74, 6) is 0.877. The lowest BCUT2D eigenvalue weighted by Crippen LogP contribution is -2.17. The molecule has 0 saturated carbocycles. The molecular formula is C13H21NO2. The van der Waals surface area contributed by atoms with Crippen LogP contribution in [0.4, 0.5) is 0 Å². The van der Waals surface area contributed by atoms with E-state index in [1.54, 1.807) is 0 Å². The number of ether oxygens (including phenoxy) is 2. The second kappa shape index (κ2) is 6.51. The van der Waals surface area contributed by atoms with Crippen LogP contribution in [0.25, 0.3) is 0 Å². The Bertz CT molecular complexity index is 295. The summed E-state index contributed by atoms with van der Waals surface area (Å²) in [6.45, 7) is 7.24.